The first-order valence-electron chi connectivity index (χ1n) is 6.65. The van der Waals surface area contributed by atoms with Gasteiger partial charge in [0.2, 0.25) is 11.8 Å². The Bertz CT molecular complexity index is 676. The molecule has 1 unspecified atom stereocenters. The molecule has 1 aliphatic carbocycles. The third-order valence-corrected chi connectivity index (χ3v) is 3.78. The zero-order chi connectivity index (χ0) is 16.0. The Kier molecular flexibility index (Phi) is 3.58. The van der Waals surface area contributed by atoms with Crippen LogP contribution in [0.5, 0.6) is 5.75 Å². The van der Waals surface area contributed by atoms with Crippen molar-refractivity contribution in [3.05, 3.63) is 28.8 Å². The number of ether oxygens (including phenoxy) is 1. The Labute approximate surface area is 129 Å². The van der Waals surface area contributed by atoms with E-state index in [-0.39, 0.29) is 28.5 Å². The van der Waals surface area contributed by atoms with E-state index in [1.54, 1.807) is 0 Å². The van der Waals surface area contributed by atoms with Crippen molar-refractivity contribution in [3.63, 3.8) is 0 Å². The van der Waals surface area contributed by atoms with Crippen molar-refractivity contribution in [1.82, 2.24) is 5.32 Å². The standard InChI is InChI=1S/C15H11ClF3NO2/c16-10-3-4-12-11(7-10)14(15(17,18)19,6-5-9-1-2-9)20-13(8-21)22-12/h3-4,7-9,13,20H,1-2H2/t13?,14-/m0/s1. The van der Waals surface area contributed by atoms with Gasteiger partial charge in [0.1, 0.15) is 5.75 Å². The van der Waals surface area contributed by atoms with Crippen LogP contribution in [0.25, 0.3) is 0 Å². The Morgan fingerprint density at radius 2 is 2.14 bits per heavy atom. The number of nitrogens with one attached hydrogen (secondary N) is 1. The Balaban J connectivity index is 2.21. The van der Waals surface area contributed by atoms with E-state index < -0.39 is 17.9 Å². The van der Waals surface area contributed by atoms with E-state index >= 15 is 0 Å². The van der Waals surface area contributed by atoms with Crippen LogP contribution in [0, 0.1) is 17.8 Å². The highest BCUT2D eigenvalue weighted by atomic mass is 35.5. The highest BCUT2D eigenvalue weighted by Crippen LogP contribution is 2.46. The molecule has 2 atom stereocenters. The summed E-state index contributed by atoms with van der Waals surface area (Å²) < 4.78 is 46.6. The highest BCUT2D eigenvalue weighted by molar-refractivity contribution is 6.30. The summed E-state index contributed by atoms with van der Waals surface area (Å²) in [5.41, 5.74) is -2.89. The third-order valence-electron chi connectivity index (χ3n) is 3.55. The first kappa shape index (κ1) is 15.2. The Morgan fingerprint density at radius 3 is 2.73 bits per heavy atom. The summed E-state index contributed by atoms with van der Waals surface area (Å²) in [6, 6.07) is 3.89. The van der Waals surface area contributed by atoms with Gasteiger partial charge in [-0.2, -0.15) is 13.2 Å². The molecule has 0 bridgehead atoms. The minimum Gasteiger partial charge on any atom is -0.468 e. The van der Waals surface area contributed by atoms with Gasteiger partial charge in [0.05, 0.1) is 0 Å². The van der Waals surface area contributed by atoms with Crippen molar-refractivity contribution in [2.75, 3.05) is 0 Å². The summed E-state index contributed by atoms with van der Waals surface area (Å²) in [7, 11) is 0. The molecule has 0 amide bonds. The second kappa shape index (κ2) is 5.18. The maximum Gasteiger partial charge on any atom is 0.422 e. The average molecular weight is 330 g/mol. The number of alkyl halides is 3. The van der Waals surface area contributed by atoms with Crippen LogP contribution >= 0.6 is 11.6 Å². The molecule has 2 aliphatic rings. The maximum absolute atomic E-state index is 13.8. The second-order valence-electron chi connectivity index (χ2n) is 5.25. The Morgan fingerprint density at radius 1 is 1.41 bits per heavy atom. The van der Waals surface area contributed by atoms with Gasteiger partial charge in [-0.15, -0.1) is 0 Å². The van der Waals surface area contributed by atoms with Gasteiger partial charge in [0, 0.05) is 16.5 Å². The van der Waals surface area contributed by atoms with Crippen LogP contribution in [0.15, 0.2) is 18.2 Å². The first-order valence-corrected chi connectivity index (χ1v) is 7.02. The maximum atomic E-state index is 13.8. The molecule has 1 saturated carbocycles. The lowest BCUT2D eigenvalue weighted by Gasteiger charge is -2.39. The lowest BCUT2D eigenvalue weighted by atomic mass is 9.87. The minimum absolute atomic E-state index is 0.0267. The highest BCUT2D eigenvalue weighted by Gasteiger charge is 2.59. The van der Waals surface area contributed by atoms with Crippen molar-refractivity contribution in [2.24, 2.45) is 5.92 Å². The van der Waals surface area contributed by atoms with Gasteiger partial charge in [-0.25, -0.2) is 5.32 Å². The van der Waals surface area contributed by atoms with Crippen LogP contribution in [-0.2, 0) is 10.3 Å². The predicted molar refractivity (Wildman–Crippen MR) is 73.3 cm³/mol. The molecule has 3 rings (SSSR count). The molecule has 0 aromatic heterocycles. The van der Waals surface area contributed by atoms with Gasteiger partial charge >= 0.3 is 6.18 Å². The van der Waals surface area contributed by atoms with Crippen molar-refractivity contribution < 1.29 is 22.7 Å². The lowest BCUT2D eigenvalue weighted by Crippen LogP contribution is -2.61. The molecule has 22 heavy (non-hydrogen) atoms. The normalized spacial score (nSPS) is 27.2. The molecule has 3 nitrogen and oxygen atoms in total. The van der Waals surface area contributed by atoms with E-state index in [4.69, 9.17) is 16.3 Å². The zero-order valence-electron chi connectivity index (χ0n) is 11.2. The fourth-order valence-corrected chi connectivity index (χ4v) is 2.44. The fraction of sp³-hybridized carbons (Fsp3) is 0.400. The van der Waals surface area contributed by atoms with Crippen LogP contribution in [0.1, 0.15) is 18.4 Å². The Hall–Kier alpha value is -1.71. The van der Waals surface area contributed by atoms with E-state index in [0.29, 0.717) is 0 Å². The molecule has 1 aromatic rings. The number of halogens is 4. The van der Waals surface area contributed by atoms with Gasteiger partial charge in [-0.05, 0) is 31.0 Å². The van der Waals surface area contributed by atoms with E-state index in [2.05, 4.69) is 17.2 Å². The molecule has 0 spiro atoms. The first-order chi connectivity index (χ1) is 10.4. The molecule has 1 fully saturated rings. The number of aldehydes is 1. The quantitative estimate of drug-likeness (QED) is 0.636. The number of rotatable bonds is 1. The monoisotopic (exact) mass is 329 g/mol. The molecule has 0 radical (unpaired) electrons. The fourth-order valence-electron chi connectivity index (χ4n) is 2.26. The summed E-state index contributed by atoms with van der Waals surface area (Å²) >= 11 is 5.83. The summed E-state index contributed by atoms with van der Waals surface area (Å²) in [6.07, 6.45) is -4.31. The number of fused-ring (bicyclic) bond motifs is 1. The average Bonchev–Trinajstić information content (AvgIpc) is 3.27. The topological polar surface area (TPSA) is 38.3 Å². The van der Waals surface area contributed by atoms with E-state index in [9.17, 15) is 18.0 Å². The molecule has 1 aromatic carbocycles. The van der Waals surface area contributed by atoms with E-state index in [1.807, 2.05) is 0 Å². The van der Waals surface area contributed by atoms with Crippen molar-refractivity contribution in [3.8, 4) is 17.6 Å². The minimum atomic E-state index is -4.74. The van der Waals surface area contributed by atoms with Crippen LogP contribution in [0.2, 0.25) is 5.02 Å². The van der Waals surface area contributed by atoms with Gasteiger partial charge in [-0.1, -0.05) is 23.4 Å². The summed E-state index contributed by atoms with van der Waals surface area (Å²) in [5.74, 6) is 4.85. The number of hydrogen-bond acceptors (Lipinski definition) is 3. The van der Waals surface area contributed by atoms with Gasteiger partial charge in [0.15, 0.2) is 6.29 Å². The van der Waals surface area contributed by atoms with Crippen LogP contribution in [0.4, 0.5) is 13.2 Å². The molecular formula is C15H11ClF3NO2. The number of hydrogen-bond donors (Lipinski definition) is 1. The van der Waals surface area contributed by atoms with Crippen LogP contribution < -0.4 is 10.1 Å². The molecule has 116 valence electrons. The van der Waals surface area contributed by atoms with Crippen molar-refractivity contribution >= 4 is 17.9 Å². The SMILES string of the molecule is O=CC1N[C@](C#CC2CC2)(C(F)(F)F)c2cc(Cl)ccc2O1. The van der Waals surface area contributed by atoms with Crippen molar-refractivity contribution in [1.29, 1.82) is 0 Å². The summed E-state index contributed by atoms with van der Waals surface area (Å²) in [4.78, 5) is 11.0. The third kappa shape index (κ3) is 2.55. The second-order valence-corrected chi connectivity index (χ2v) is 5.69. The largest absolute Gasteiger partial charge is 0.468 e. The van der Waals surface area contributed by atoms with Gasteiger partial charge in [0.25, 0.3) is 0 Å². The molecule has 0 saturated heterocycles. The van der Waals surface area contributed by atoms with Crippen molar-refractivity contribution in [2.45, 2.75) is 30.8 Å². The molecule has 1 N–H and O–H groups in total. The predicted octanol–water partition coefficient (Wildman–Crippen LogP) is 3.02. The number of carbonyl (C=O) groups excluding carboxylic acids is 1. The van der Waals surface area contributed by atoms with Crippen LogP contribution in [0.3, 0.4) is 0 Å². The van der Waals surface area contributed by atoms with E-state index in [1.165, 1.54) is 18.2 Å². The zero-order valence-corrected chi connectivity index (χ0v) is 12.0. The molecule has 1 heterocycles. The summed E-state index contributed by atoms with van der Waals surface area (Å²) in [6.45, 7) is 0. The lowest BCUT2D eigenvalue weighted by molar-refractivity contribution is -0.193. The molecular weight excluding hydrogens is 319 g/mol. The van der Waals surface area contributed by atoms with E-state index in [0.717, 1.165) is 12.8 Å². The molecule has 1 aliphatic heterocycles. The van der Waals surface area contributed by atoms with Gasteiger partial charge < -0.3 is 4.74 Å². The molecule has 7 heteroatoms. The number of carbonyl (C=O) groups is 1. The van der Waals surface area contributed by atoms with Gasteiger partial charge in [-0.3, -0.25) is 4.79 Å². The number of benzene rings is 1. The smallest absolute Gasteiger partial charge is 0.422 e. The van der Waals surface area contributed by atoms with Crippen LogP contribution in [-0.4, -0.2) is 18.7 Å². The summed E-state index contributed by atoms with van der Waals surface area (Å²) in [5, 5.41) is 2.31.